The number of hydrogen-bond donors (Lipinski definition) is 1. The summed E-state index contributed by atoms with van der Waals surface area (Å²) in [5.74, 6) is 1.88. The van der Waals surface area contributed by atoms with Crippen LogP contribution in [-0.4, -0.2) is 26.3 Å². The van der Waals surface area contributed by atoms with Crippen molar-refractivity contribution in [2.75, 3.05) is 11.9 Å². The van der Waals surface area contributed by atoms with Gasteiger partial charge in [0.1, 0.15) is 11.5 Å². The van der Waals surface area contributed by atoms with Gasteiger partial charge < -0.3 is 5.32 Å². The van der Waals surface area contributed by atoms with Crippen molar-refractivity contribution in [3.63, 3.8) is 0 Å². The van der Waals surface area contributed by atoms with Crippen LogP contribution in [0.3, 0.4) is 0 Å². The lowest BCUT2D eigenvalue weighted by Gasteiger charge is -2.12. The Morgan fingerprint density at radius 1 is 1.22 bits per heavy atom. The van der Waals surface area contributed by atoms with E-state index in [-0.39, 0.29) is 5.92 Å². The Bertz CT molecular complexity index is 886. The molecule has 0 fully saturated rings. The summed E-state index contributed by atoms with van der Waals surface area (Å²) >= 11 is 6.23. The molecule has 2 aromatic heterocycles. The number of rotatable bonds is 1. The number of hydrogen-bond acceptors (Lipinski definition) is 4. The minimum atomic E-state index is 0.229. The van der Waals surface area contributed by atoms with Gasteiger partial charge in [-0.1, -0.05) is 24.6 Å². The van der Waals surface area contributed by atoms with Crippen molar-refractivity contribution in [1.82, 2.24) is 19.7 Å². The van der Waals surface area contributed by atoms with Crippen LogP contribution in [0.4, 0.5) is 5.69 Å². The highest BCUT2D eigenvalue weighted by molar-refractivity contribution is 6.30. The molecule has 1 N–H and O–H groups in total. The quantitative estimate of drug-likeness (QED) is 0.739. The number of aromatic nitrogens is 4. The highest BCUT2D eigenvalue weighted by Gasteiger charge is 2.25. The van der Waals surface area contributed by atoms with Crippen molar-refractivity contribution in [3.05, 3.63) is 52.9 Å². The predicted molar refractivity (Wildman–Crippen MR) is 91.2 cm³/mol. The first-order valence-electron chi connectivity index (χ1n) is 7.56. The molecular weight excluding hydrogens is 310 g/mol. The van der Waals surface area contributed by atoms with Gasteiger partial charge in [0.05, 0.1) is 11.4 Å². The van der Waals surface area contributed by atoms with Gasteiger partial charge in [-0.2, -0.15) is 0 Å². The molecule has 0 amide bonds. The Kier molecular flexibility index (Phi) is 3.31. The number of aryl methyl sites for hydroxylation is 1. The average Bonchev–Trinajstić information content (AvgIpc) is 2.93. The zero-order valence-electron chi connectivity index (χ0n) is 12.9. The third-order valence-corrected chi connectivity index (χ3v) is 4.28. The third-order valence-electron chi connectivity index (χ3n) is 4.05. The largest absolute Gasteiger partial charge is 0.383 e. The Labute approximate surface area is 139 Å². The lowest BCUT2D eigenvalue weighted by Crippen LogP contribution is -2.09. The highest BCUT2D eigenvalue weighted by Crippen LogP contribution is 2.34. The van der Waals surface area contributed by atoms with Crippen LogP contribution in [0.2, 0.25) is 5.02 Å². The average molecular weight is 326 g/mol. The molecule has 1 aliphatic rings. The van der Waals surface area contributed by atoms with Crippen molar-refractivity contribution in [2.24, 2.45) is 0 Å². The Morgan fingerprint density at radius 2 is 2.09 bits per heavy atom. The van der Waals surface area contributed by atoms with E-state index in [9.17, 15) is 0 Å². The van der Waals surface area contributed by atoms with Crippen molar-refractivity contribution in [1.29, 1.82) is 0 Å². The minimum absolute atomic E-state index is 0.229. The van der Waals surface area contributed by atoms with Gasteiger partial charge in [-0.25, -0.2) is 4.98 Å². The van der Waals surface area contributed by atoms with Gasteiger partial charge in [0.15, 0.2) is 5.82 Å². The van der Waals surface area contributed by atoms with Gasteiger partial charge in [-0.05, 0) is 37.3 Å². The van der Waals surface area contributed by atoms with Crippen LogP contribution in [0.15, 0.2) is 36.4 Å². The van der Waals surface area contributed by atoms with Crippen molar-refractivity contribution in [2.45, 2.75) is 19.8 Å². The topological polar surface area (TPSA) is 55.6 Å². The van der Waals surface area contributed by atoms with Crippen LogP contribution in [-0.2, 0) is 0 Å². The van der Waals surface area contributed by atoms with Crippen LogP contribution in [0.1, 0.15) is 24.4 Å². The monoisotopic (exact) mass is 325 g/mol. The molecule has 0 radical (unpaired) electrons. The van der Waals surface area contributed by atoms with E-state index in [1.54, 1.807) is 0 Å². The summed E-state index contributed by atoms with van der Waals surface area (Å²) in [4.78, 5) is 4.60. The zero-order valence-corrected chi connectivity index (χ0v) is 13.7. The Hall–Kier alpha value is -2.40. The molecule has 3 heterocycles. The van der Waals surface area contributed by atoms with Gasteiger partial charge in [-0.3, -0.25) is 4.57 Å². The summed E-state index contributed by atoms with van der Waals surface area (Å²) in [5.41, 5.74) is 3.74. The van der Waals surface area contributed by atoms with Crippen LogP contribution >= 0.6 is 11.6 Å². The fraction of sp³-hybridized carbons (Fsp3) is 0.235. The van der Waals surface area contributed by atoms with Gasteiger partial charge in [0.25, 0.3) is 0 Å². The van der Waals surface area contributed by atoms with Crippen molar-refractivity contribution < 1.29 is 0 Å². The molecule has 4 rings (SSSR count). The molecule has 6 heteroatoms. The normalized spacial score (nSPS) is 16.2. The summed E-state index contributed by atoms with van der Waals surface area (Å²) in [6.45, 7) is 4.90. The maximum atomic E-state index is 6.23. The lowest BCUT2D eigenvalue weighted by atomic mass is 10.1. The Balaban J connectivity index is 2.01. The number of benzene rings is 1. The number of nitrogens with zero attached hydrogens (tertiary/aromatic N) is 4. The maximum Gasteiger partial charge on any atom is 0.187 e. The SMILES string of the molecule is Cc1cccc(-c2nnc3n2-c2cc(Cl)ccc2NC[C@@H]3C)n1. The van der Waals surface area contributed by atoms with Crippen molar-refractivity contribution in [3.8, 4) is 17.2 Å². The second kappa shape index (κ2) is 5.35. The van der Waals surface area contributed by atoms with E-state index in [4.69, 9.17) is 11.6 Å². The molecule has 1 atom stereocenters. The van der Waals surface area contributed by atoms with Gasteiger partial charge in [0.2, 0.25) is 0 Å². The molecule has 23 heavy (non-hydrogen) atoms. The third kappa shape index (κ3) is 2.37. The Morgan fingerprint density at radius 3 is 2.91 bits per heavy atom. The first kappa shape index (κ1) is 14.2. The second-order valence-corrected chi connectivity index (χ2v) is 6.26. The summed E-state index contributed by atoms with van der Waals surface area (Å²) < 4.78 is 2.06. The lowest BCUT2D eigenvalue weighted by molar-refractivity contribution is 0.725. The molecule has 1 aliphatic heterocycles. The van der Waals surface area contributed by atoms with Crippen molar-refractivity contribution >= 4 is 17.3 Å². The molecule has 0 saturated heterocycles. The molecule has 1 aromatic carbocycles. The molecule has 3 aromatic rings. The van der Waals surface area contributed by atoms with E-state index in [0.29, 0.717) is 5.02 Å². The molecule has 0 spiro atoms. The number of halogens is 1. The van der Waals surface area contributed by atoms with Crippen LogP contribution in [0.25, 0.3) is 17.2 Å². The summed E-state index contributed by atoms with van der Waals surface area (Å²) in [7, 11) is 0. The number of pyridine rings is 1. The molecular formula is C17H16ClN5. The molecule has 0 bridgehead atoms. The van der Waals surface area contributed by atoms with Crippen LogP contribution < -0.4 is 5.32 Å². The minimum Gasteiger partial charge on any atom is -0.383 e. The van der Waals surface area contributed by atoms with E-state index in [0.717, 1.165) is 41.0 Å². The first-order valence-corrected chi connectivity index (χ1v) is 7.94. The maximum absolute atomic E-state index is 6.23. The van der Waals surface area contributed by atoms with E-state index in [1.165, 1.54) is 0 Å². The molecule has 116 valence electrons. The molecule has 5 nitrogen and oxygen atoms in total. The molecule has 0 unspecified atom stereocenters. The summed E-state index contributed by atoms with van der Waals surface area (Å²) in [6, 6.07) is 11.7. The van der Waals surface area contributed by atoms with E-state index in [2.05, 4.69) is 32.0 Å². The smallest absolute Gasteiger partial charge is 0.187 e. The van der Waals surface area contributed by atoms with E-state index < -0.39 is 0 Å². The van der Waals surface area contributed by atoms with Gasteiger partial charge in [0, 0.05) is 23.2 Å². The molecule has 0 saturated carbocycles. The van der Waals surface area contributed by atoms with Gasteiger partial charge >= 0.3 is 0 Å². The van der Waals surface area contributed by atoms with E-state index >= 15 is 0 Å². The number of fused-ring (bicyclic) bond motifs is 3. The fourth-order valence-electron chi connectivity index (χ4n) is 2.88. The first-order chi connectivity index (χ1) is 11.1. The number of nitrogens with one attached hydrogen (secondary N) is 1. The van der Waals surface area contributed by atoms with Crippen LogP contribution in [0.5, 0.6) is 0 Å². The standard InChI is InChI=1S/C17H16ClN5/c1-10-9-19-13-7-6-12(18)8-15(13)23-16(10)21-22-17(23)14-5-3-4-11(2)20-14/h3-8,10,19H,9H2,1-2H3/t10-/m0/s1. The van der Waals surface area contributed by atoms with Gasteiger partial charge in [-0.15, -0.1) is 10.2 Å². The highest BCUT2D eigenvalue weighted by atomic mass is 35.5. The summed E-state index contributed by atoms with van der Waals surface area (Å²) in [5, 5.41) is 13.0. The second-order valence-electron chi connectivity index (χ2n) is 5.82. The molecule has 0 aliphatic carbocycles. The predicted octanol–water partition coefficient (Wildman–Crippen LogP) is 3.82. The van der Waals surface area contributed by atoms with E-state index in [1.807, 2.05) is 43.3 Å². The fourth-order valence-corrected chi connectivity index (χ4v) is 3.05. The zero-order chi connectivity index (χ0) is 16.0. The van der Waals surface area contributed by atoms with Crippen LogP contribution in [0, 0.1) is 6.92 Å². The summed E-state index contributed by atoms with van der Waals surface area (Å²) in [6.07, 6.45) is 0. The number of anilines is 1.